The van der Waals surface area contributed by atoms with Gasteiger partial charge in [-0.15, -0.1) is 0 Å². The maximum atomic E-state index is 13.8. The summed E-state index contributed by atoms with van der Waals surface area (Å²) >= 11 is 4.87. The number of halogens is 1. The lowest BCUT2D eigenvalue weighted by molar-refractivity contribution is 0.585. The van der Waals surface area contributed by atoms with Gasteiger partial charge in [0, 0.05) is 12.6 Å². The molecule has 0 saturated heterocycles. The molecule has 0 aliphatic carbocycles. The molecule has 1 heterocycles. The lowest BCUT2D eigenvalue weighted by Gasteiger charge is -2.27. The molecule has 0 spiro atoms. The van der Waals surface area contributed by atoms with Gasteiger partial charge in [0.15, 0.2) is 0 Å². The van der Waals surface area contributed by atoms with Crippen LogP contribution in [0.25, 0.3) is 0 Å². The van der Waals surface area contributed by atoms with Gasteiger partial charge >= 0.3 is 0 Å². The summed E-state index contributed by atoms with van der Waals surface area (Å²) in [6.07, 6.45) is 1.69. The summed E-state index contributed by atoms with van der Waals surface area (Å²) in [7, 11) is 1.90. The summed E-state index contributed by atoms with van der Waals surface area (Å²) < 4.78 is 13.8. The number of pyridine rings is 1. The Morgan fingerprint density at radius 2 is 2.00 bits per heavy atom. The van der Waals surface area contributed by atoms with E-state index < -0.39 is 0 Å². The summed E-state index contributed by atoms with van der Waals surface area (Å²) in [6.45, 7) is 1.94. The number of rotatable bonds is 4. The molecular formula is C15H16FN3S. The van der Waals surface area contributed by atoms with Crippen molar-refractivity contribution in [1.82, 2.24) is 4.98 Å². The zero-order valence-corrected chi connectivity index (χ0v) is 12.2. The van der Waals surface area contributed by atoms with Gasteiger partial charge in [-0.05, 0) is 25.1 Å². The third kappa shape index (κ3) is 2.93. The molecule has 3 nitrogen and oxygen atoms in total. The molecule has 20 heavy (non-hydrogen) atoms. The number of hydrogen-bond acceptors (Lipinski definition) is 3. The van der Waals surface area contributed by atoms with Gasteiger partial charge < -0.3 is 10.6 Å². The summed E-state index contributed by atoms with van der Waals surface area (Å²) in [5.41, 5.74) is 7.62. The van der Waals surface area contributed by atoms with Crippen LogP contribution < -0.4 is 10.6 Å². The fourth-order valence-electron chi connectivity index (χ4n) is 1.99. The van der Waals surface area contributed by atoms with Crippen molar-refractivity contribution in [3.63, 3.8) is 0 Å². The van der Waals surface area contributed by atoms with Crippen LogP contribution in [0.15, 0.2) is 42.6 Å². The minimum absolute atomic E-state index is 0.103. The van der Waals surface area contributed by atoms with E-state index in [9.17, 15) is 4.39 Å². The predicted molar refractivity (Wildman–Crippen MR) is 83.3 cm³/mol. The minimum Gasteiger partial charge on any atom is -0.388 e. The Balaban J connectivity index is 2.24. The summed E-state index contributed by atoms with van der Waals surface area (Å²) in [4.78, 5) is 6.41. The van der Waals surface area contributed by atoms with E-state index in [2.05, 4.69) is 4.98 Å². The number of aromatic nitrogens is 1. The number of anilines is 1. The van der Waals surface area contributed by atoms with Crippen LogP contribution in [-0.2, 0) is 0 Å². The molecule has 0 amide bonds. The van der Waals surface area contributed by atoms with Gasteiger partial charge in [0.2, 0.25) is 0 Å². The van der Waals surface area contributed by atoms with Crippen molar-refractivity contribution in [2.45, 2.75) is 13.0 Å². The maximum absolute atomic E-state index is 13.8. The smallest absolute Gasteiger partial charge is 0.128 e. The predicted octanol–water partition coefficient (Wildman–Crippen LogP) is 3.05. The summed E-state index contributed by atoms with van der Waals surface area (Å²) in [6, 6.07) is 10.3. The number of thiocarbonyl (C=S) groups is 1. The molecule has 5 heteroatoms. The molecule has 1 atom stereocenters. The van der Waals surface area contributed by atoms with Gasteiger partial charge in [-0.25, -0.2) is 4.39 Å². The van der Waals surface area contributed by atoms with Gasteiger partial charge in [0.05, 0.1) is 23.6 Å². The van der Waals surface area contributed by atoms with E-state index in [-0.39, 0.29) is 16.8 Å². The van der Waals surface area contributed by atoms with Gasteiger partial charge in [-0.1, -0.05) is 30.4 Å². The quantitative estimate of drug-likeness (QED) is 0.878. The van der Waals surface area contributed by atoms with Crippen molar-refractivity contribution in [3.8, 4) is 0 Å². The second kappa shape index (κ2) is 5.96. The van der Waals surface area contributed by atoms with Crippen LogP contribution in [0.1, 0.15) is 24.2 Å². The van der Waals surface area contributed by atoms with Gasteiger partial charge in [0.1, 0.15) is 10.8 Å². The van der Waals surface area contributed by atoms with Gasteiger partial charge in [0.25, 0.3) is 0 Å². The Morgan fingerprint density at radius 1 is 1.30 bits per heavy atom. The topological polar surface area (TPSA) is 42.1 Å². The molecule has 0 aliphatic heterocycles. The number of nitrogens with zero attached hydrogens (tertiary/aromatic N) is 2. The monoisotopic (exact) mass is 289 g/mol. The lowest BCUT2D eigenvalue weighted by atomic mass is 10.1. The molecule has 2 N–H and O–H groups in total. The second-order valence-corrected chi connectivity index (χ2v) is 5.01. The molecule has 2 aromatic rings. The Morgan fingerprint density at radius 3 is 2.55 bits per heavy atom. The van der Waals surface area contributed by atoms with Crippen molar-refractivity contribution >= 4 is 22.9 Å². The largest absolute Gasteiger partial charge is 0.388 e. The fraction of sp³-hybridized carbons (Fsp3) is 0.200. The first-order chi connectivity index (χ1) is 9.50. The van der Waals surface area contributed by atoms with Gasteiger partial charge in [-0.3, -0.25) is 4.98 Å². The Bertz CT molecular complexity index is 613. The summed E-state index contributed by atoms with van der Waals surface area (Å²) in [5.74, 6) is -0.209. The first-order valence-electron chi connectivity index (χ1n) is 6.24. The van der Waals surface area contributed by atoms with E-state index in [1.54, 1.807) is 24.4 Å². The maximum Gasteiger partial charge on any atom is 0.128 e. The van der Waals surface area contributed by atoms with Gasteiger partial charge in [-0.2, -0.15) is 0 Å². The van der Waals surface area contributed by atoms with Crippen molar-refractivity contribution < 1.29 is 4.39 Å². The second-order valence-electron chi connectivity index (χ2n) is 4.57. The molecule has 2 rings (SSSR count). The Kier molecular flexibility index (Phi) is 4.29. The van der Waals surface area contributed by atoms with Crippen molar-refractivity contribution in [2.24, 2.45) is 5.73 Å². The molecule has 0 radical (unpaired) electrons. The molecular weight excluding hydrogens is 273 g/mol. The van der Waals surface area contributed by atoms with Crippen molar-refractivity contribution in [3.05, 3.63) is 59.7 Å². The zero-order valence-electron chi connectivity index (χ0n) is 11.4. The van der Waals surface area contributed by atoms with Crippen LogP contribution in [0, 0.1) is 5.82 Å². The molecule has 104 valence electrons. The highest BCUT2D eigenvalue weighted by atomic mass is 32.1. The average molecular weight is 289 g/mol. The van der Waals surface area contributed by atoms with Crippen LogP contribution in [-0.4, -0.2) is 17.0 Å². The standard InChI is InChI=1S/C15H16FN3S/c1-10(12-5-3-4-6-13(12)16)19(2)11-7-8-14(15(17)20)18-9-11/h3-10H,1-2H3,(H2,17,20). The van der Waals surface area contributed by atoms with Crippen LogP contribution >= 0.6 is 12.2 Å². The minimum atomic E-state index is -0.209. The molecule has 0 fully saturated rings. The molecule has 1 aromatic carbocycles. The molecule has 0 aliphatic rings. The van der Waals surface area contributed by atoms with Crippen molar-refractivity contribution in [2.75, 3.05) is 11.9 Å². The third-order valence-electron chi connectivity index (χ3n) is 3.34. The molecule has 0 bridgehead atoms. The van der Waals surface area contributed by atoms with E-state index in [0.717, 1.165) is 5.69 Å². The lowest BCUT2D eigenvalue weighted by Crippen LogP contribution is -2.23. The van der Waals surface area contributed by atoms with E-state index >= 15 is 0 Å². The number of hydrogen-bond donors (Lipinski definition) is 1. The van der Waals surface area contributed by atoms with E-state index in [0.29, 0.717) is 11.3 Å². The number of benzene rings is 1. The Labute approximate surface area is 123 Å². The SMILES string of the molecule is CC(c1ccccc1F)N(C)c1ccc(C(N)=S)nc1. The average Bonchev–Trinajstić information content (AvgIpc) is 2.46. The highest BCUT2D eigenvalue weighted by Crippen LogP contribution is 2.26. The van der Waals surface area contributed by atoms with E-state index in [1.165, 1.54) is 6.07 Å². The highest BCUT2D eigenvalue weighted by Gasteiger charge is 2.16. The van der Waals surface area contributed by atoms with E-state index in [1.807, 2.05) is 31.0 Å². The first kappa shape index (κ1) is 14.4. The highest BCUT2D eigenvalue weighted by molar-refractivity contribution is 7.80. The molecule has 0 saturated carbocycles. The van der Waals surface area contributed by atoms with Crippen LogP contribution in [0.3, 0.4) is 0 Å². The molecule has 1 aromatic heterocycles. The Hall–Kier alpha value is -2.01. The normalized spacial score (nSPS) is 11.9. The van der Waals surface area contributed by atoms with E-state index in [4.69, 9.17) is 18.0 Å². The molecule has 1 unspecified atom stereocenters. The third-order valence-corrected chi connectivity index (χ3v) is 3.55. The fourth-order valence-corrected chi connectivity index (χ4v) is 2.11. The van der Waals surface area contributed by atoms with Crippen molar-refractivity contribution in [1.29, 1.82) is 0 Å². The van der Waals surface area contributed by atoms with Crippen LogP contribution in [0.2, 0.25) is 0 Å². The van der Waals surface area contributed by atoms with Crippen LogP contribution in [0.5, 0.6) is 0 Å². The summed E-state index contributed by atoms with van der Waals surface area (Å²) in [5, 5.41) is 0. The first-order valence-corrected chi connectivity index (χ1v) is 6.64. The van der Waals surface area contributed by atoms with Crippen LogP contribution in [0.4, 0.5) is 10.1 Å². The zero-order chi connectivity index (χ0) is 14.7. The number of nitrogens with two attached hydrogens (primary N) is 1.